The van der Waals surface area contributed by atoms with Crippen LogP contribution in [0.3, 0.4) is 0 Å². The highest BCUT2D eigenvalue weighted by Crippen LogP contribution is 2.31. The third-order valence-electron chi connectivity index (χ3n) is 4.46. The zero-order valence-corrected chi connectivity index (χ0v) is 16.0. The van der Waals surface area contributed by atoms with Crippen molar-refractivity contribution in [2.75, 3.05) is 22.7 Å². The monoisotopic (exact) mass is 386 g/mol. The zero-order valence-electron chi connectivity index (χ0n) is 15.2. The summed E-state index contributed by atoms with van der Waals surface area (Å²) in [5, 5.41) is 20.3. The van der Waals surface area contributed by atoms with E-state index >= 15 is 0 Å². The van der Waals surface area contributed by atoms with Gasteiger partial charge in [-0.25, -0.2) is 8.42 Å². The number of hydrogen-bond donors (Lipinski definition) is 3. The zero-order chi connectivity index (χ0) is 19.6. The molecule has 142 valence electrons. The van der Waals surface area contributed by atoms with E-state index in [1.54, 1.807) is 18.2 Å². The van der Waals surface area contributed by atoms with Crippen molar-refractivity contribution >= 4 is 32.2 Å². The lowest BCUT2D eigenvalue weighted by Crippen LogP contribution is -2.21. The normalized spacial score (nSPS) is 11.5. The van der Waals surface area contributed by atoms with E-state index in [0.717, 1.165) is 18.8 Å². The van der Waals surface area contributed by atoms with Crippen LogP contribution in [-0.2, 0) is 10.0 Å². The number of phenolic OH excluding ortho intramolecular Hbond substituents is 2. The van der Waals surface area contributed by atoms with E-state index in [9.17, 15) is 18.6 Å². The fraction of sp³-hybridized carbons (Fsp3) is 0.200. The van der Waals surface area contributed by atoms with Crippen LogP contribution in [0.1, 0.15) is 13.8 Å². The third-order valence-corrected chi connectivity index (χ3v) is 5.84. The molecule has 7 heteroatoms. The molecule has 27 heavy (non-hydrogen) atoms. The van der Waals surface area contributed by atoms with Crippen LogP contribution in [0.25, 0.3) is 10.8 Å². The molecule has 0 saturated heterocycles. The van der Waals surface area contributed by atoms with Crippen LogP contribution >= 0.6 is 0 Å². The first-order chi connectivity index (χ1) is 12.8. The summed E-state index contributed by atoms with van der Waals surface area (Å²) < 4.78 is 28.0. The number of rotatable bonds is 6. The number of nitrogens with zero attached hydrogens (tertiary/aromatic N) is 1. The summed E-state index contributed by atoms with van der Waals surface area (Å²) in [6, 6.07) is 14.5. The Hall–Kier alpha value is -2.93. The van der Waals surface area contributed by atoms with Gasteiger partial charge in [0.25, 0.3) is 10.0 Å². The number of anilines is 2. The Morgan fingerprint density at radius 3 is 2.04 bits per heavy atom. The van der Waals surface area contributed by atoms with Gasteiger partial charge in [-0.1, -0.05) is 6.07 Å². The molecule has 3 aromatic carbocycles. The molecule has 0 heterocycles. The van der Waals surface area contributed by atoms with Gasteiger partial charge in [-0.2, -0.15) is 0 Å². The van der Waals surface area contributed by atoms with E-state index < -0.39 is 10.0 Å². The molecule has 0 fully saturated rings. The highest BCUT2D eigenvalue weighted by molar-refractivity contribution is 7.92. The average Bonchev–Trinajstić information content (AvgIpc) is 2.64. The number of sulfonamides is 1. The summed E-state index contributed by atoms with van der Waals surface area (Å²) >= 11 is 0. The van der Waals surface area contributed by atoms with E-state index in [2.05, 4.69) is 23.5 Å². The summed E-state index contributed by atoms with van der Waals surface area (Å²) in [7, 11) is -3.78. The standard InChI is InChI=1S/C20H22N2O4S/c1-3-22(4-2)17-8-6-16(7-9-17)21-27(25,26)18-10-5-14-12-19(23)20(24)13-15(14)11-18/h5-13,21,23-24H,3-4H2,1-2H3. The fourth-order valence-electron chi connectivity index (χ4n) is 2.96. The Bertz CT molecular complexity index is 1060. The molecular weight excluding hydrogens is 364 g/mol. The second-order valence-electron chi connectivity index (χ2n) is 6.17. The Morgan fingerprint density at radius 2 is 1.44 bits per heavy atom. The fourth-order valence-corrected chi connectivity index (χ4v) is 4.06. The van der Waals surface area contributed by atoms with Crippen molar-refractivity contribution in [1.29, 1.82) is 0 Å². The number of hydrogen-bond acceptors (Lipinski definition) is 5. The summed E-state index contributed by atoms with van der Waals surface area (Å²) in [5.74, 6) is -0.540. The van der Waals surface area contributed by atoms with Gasteiger partial charge >= 0.3 is 0 Å². The van der Waals surface area contributed by atoms with Gasteiger partial charge in [0, 0.05) is 24.5 Å². The number of nitrogens with one attached hydrogen (secondary N) is 1. The predicted molar refractivity (Wildman–Crippen MR) is 108 cm³/mol. The minimum atomic E-state index is -3.78. The number of fused-ring (bicyclic) bond motifs is 1. The van der Waals surface area contributed by atoms with E-state index in [1.165, 1.54) is 24.3 Å². The molecule has 0 aromatic heterocycles. The Labute approximate surface area is 158 Å². The van der Waals surface area contributed by atoms with E-state index in [1.807, 2.05) is 12.1 Å². The van der Waals surface area contributed by atoms with Crippen molar-refractivity contribution in [2.24, 2.45) is 0 Å². The van der Waals surface area contributed by atoms with Crippen LogP contribution in [0.2, 0.25) is 0 Å². The van der Waals surface area contributed by atoms with Gasteiger partial charge in [-0.3, -0.25) is 4.72 Å². The first-order valence-electron chi connectivity index (χ1n) is 8.67. The topological polar surface area (TPSA) is 89.9 Å². The Morgan fingerprint density at radius 1 is 0.852 bits per heavy atom. The van der Waals surface area contributed by atoms with Crippen molar-refractivity contribution in [2.45, 2.75) is 18.7 Å². The average molecular weight is 386 g/mol. The van der Waals surface area contributed by atoms with Gasteiger partial charge in [-0.05, 0) is 73.2 Å². The summed E-state index contributed by atoms with van der Waals surface area (Å²) in [6.45, 7) is 5.89. The molecule has 0 atom stereocenters. The van der Waals surface area contributed by atoms with Gasteiger partial charge in [0.15, 0.2) is 11.5 Å². The SMILES string of the molecule is CCN(CC)c1ccc(NS(=O)(=O)c2ccc3cc(O)c(O)cc3c2)cc1. The van der Waals surface area contributed by atoms with Gasteiger partial charge < -0.3 is 15.1 Å². The van der Waals surface area contributed by atoms with Crippen LogP contribution in [0.5, 0.6) is 11.5 Å². The Kier molecular flexibility index (Phi) is 5.14. The maximum absolute atomic E-state index is 12.7. The van der Waals surface area contributed by atoms with Gasteiger partial charge in [0.2, 0.25) is 0 Å². The lowest BCUT2D eigenvalue weighted by molar-refractivity contribution is 0.405. The smallest absolute Gasteiger partial charge is 0.261 e. The molecular formula is C20H22N2O4S. The third kappa shape index (κ3) is 3.93. The molecule has 3 aromatic rings. The minimum Gasteiger partial charge on any atom is -0.504 e. The van der Waals surface area contributed by atoms with Crippen LogP contribution in [0.15, 0.2) is 59.5 Å². The van der Waals surface area contributed by atoms with Crippen molar-refractivity contribution in [3.8, 4) is 11.5 Å². The van der Waals surface area contributed by atoms with Gasteiger partial charge in [0.05, 0.1) is 4.90 Å². The molecule has 0 amide bonds. The maximum Gasteiger partial charge on any atom is 0.261 e. The van der Waals surface area contributed by atoms with Crippen LogP contribution in [-0.4, -0.2) is 31.7 Å². The number of benzene rings is 3. The molecule has 6 nitrogen and oxygen atoms in total. The summed E-state index contributed by atoms with van der Waals surface area (Å²) in [6.07, 6.45) is 0. The van der Waals surface area contributed by atoms with Gasteiger partial charge in [-0.15, -0.1) is 0 Å². The highest BCUT2D eigenvalue weighted by Gasteiger charge is 2.16. The molecule has 3 N–H and O–H groups in total. The highest BCUT2D eigenvalue weighted by atomic mass is 32.2. The van der Waals surface area contributed by atoms with Crippen molar-refractivity contribution in [3.63, 3.8) is 0 Å². The molecule has 0 spiro atoms. The molecule has 0 saturated carbocycles. The lowest BCUT2D eigenvalue weighted by atomic mass is 10.1. The summed E-state index contributed by atoms with van der Waals surface area (Å²) in [5.41, 5.74) is 1.50. The molecule has 0 aliphatic carbocycles. The molecule has 0 unspecified atom stereocenters. The Balaban J connectivity index is 1.88. The quantitative estimate of drug-likeness (QED) is 0.559. The largest absolute Gasteiger partial charge is 0.504 e. The van der Waals surface area contributed by atoms with Crippen LogP contribution in [0, 0.1) is 0 Å². The molecule has 0 aliphatic heterocycles. The first kappa shape index (κ1) is 18.8. The molecule has 0 radical (unpaired) electrons. The van der Waals surface area contributed by atoms with E-state index in [-0.39, 0.29) is 16.4 Å². The predicted octanol–water partition coefficient (Wildman–Crippen LogP) is 3.90. The molecule has 3 rings (SSSR count). The number of aromatic hydroxyl groups is 2. The number of phenols is 2. The van der Waals surface area contributed by atoms with Gasteiger partial charge in [0.1, 0.15) is 0 Å². The van der Waals surface area contributed by atoms with E-state index in [0.29, 0.717) is 16.5 Å². The van der Waals surface area contributed by atoms with Crippen molar-refractivity contribution < 1.29 is 18.6 Å². The second kappa shape index (κ2) is 7.36. The second-order valence-corrected chi connectivity index (χ2v) is 7.86. The maximum atomic E-state index is 12.7. The molecule has 0 aliphatic rings. The van der Waals surface area contributed by atoms with Crippen molar-refractivity contribution in [1.82, 2.24) is 0 Å². The first-order valence-corrected chi connectivity index (χ1v) is 10.2. The minimum absolute atomic E-state index is 0.0768. The van der Waals surface area contributed by atoms with Crippen molar-refractivity contribution in [3.05, 3.63) is 54.6 Å². The van der Waals surface area contributed by atoms with Crippen LogP contribution < -0.4 is 9.62 Å². The summed E-state index contributed by atoms with van der Waals surface area (Å²) in [4.78, 5) is 2.25. The van der Waals surface area contributed by atoms with Crippen LogP contribution in [0.4, 0.5) is 11.4 Å². The van der Waals surface area contributed by atoms with E-state index in [4.69, 9.17) is 0 Å². The molecule has 0 bridgehead atoms. The lowest BCUT2D eigenvalue weighted by Gasteiger charge is -2.21.